The van der Waals surface area contributed by atoms with Gasteiger partial charge in [-0.05, 0) is 25.8 Å². The van der Waals surface area contributed by atoms with Crippen molar-refractivity contribution in [1.29, 1.82) is 0 Å². The Morgan fingerprint density at radius 1 is 1.67 bits per heavy atom. The van der Waals surface area contributed by atoms with E-state index in [1.807, 2.05) is 6.92 Å². The molecule has 0 saturated carbocycles. The van der Waals surface area contributed by atoms with Crippen LogP contribution < -0.4 is 5.32 Å². The molecule has 1 fully saturated rings. The number of nitrogens with one attached hydrogen (secondary N) is 1. The zero-order valence-corrected chi connectivity index (χ0v) is 10.8. The number of hydrogen-bond donors (Lipinski definition) is 1. The van der Waals surface area contributed by atoms with E-state index in [0.717, 1.165) is 25.1 Å². The van der Waals surface area contributed by atoms with Gasteiger partial charge < -0.3 is 10.1 Å². The van der Waals surface area contributed by atoms with Gasteiger partial charge in [-0.2, -0.15) is 0 Å². The number of ether oxygens (including phenoxy) is 1. The van der Waals surface area contributed by atoms with Crippen molar-refractivity contribution in [1.82, 2.24) is 10.3 Å². The molecule has 0 bridgehead atoms. The van der Waals surface area contributed by atoms with E-state index in [2.05, 4.69) is 10.3 Å². The Kier molecular flexibility index (Phi) is 3.82. The Hall–Kier alpha value is -1.20. The Balaban J connectivity index is 2.14. The molecule has 1 aliphatic rings. The third-order valence-corrected chi connectivity index (χ3v) is 3.20. The van der Waals surface area contributed by atoms with Gasteiger partial charge in [0.25, 0.3) is 5.91 Å². The Morgan fingerprint density at radius 3 is 3.11 bits per heavy atom. The summed E-state index contributed by atoms with van der Waals surface area (Å²) in [7, 11) is 0. The second kappa shape index (κ2) is 5.20. The molecule has 0 radical (unpaired) electrons. The van der Waals surface area contributed by atoms with Crippen molar-refractivity contribution in [3.8, 4) is 0 Å². The summed E-state index contributed by atoms with van der Waals surface area (Å²) in [6.07, 6.45) is 2.68. The van der Waals surface area contributed by atoms with Gasteiger partial charge >= 0.3 is 0 Å². The average molecular weight is 273 g/mol. The second-order valence-corrected chi connectivity index (χ2v) is 5.02. The third kappa shape index (κ3) is 2.97. The quantitative estimate of drug-likeness (QED) is 0.840. The van der Waals surface area contributed by atoms with Gasteiger partial charge in [0, 0.05) is 6.61 Å². The predicted molar refractivity (Wildman–Crippen MR) is 65.1 cm³/mol. The number of halogens is 2. The van der Waals surface area contributed by atoms with Crippen LogP contribution in [-0.2, 0) is 4.74 Å². The van der Waals surface area contributed by atoms with Crippen LogP contribution in [-0.4, -0.2) is 29.6 Å². The first kappa shape index (κ1) is 13.2. The first-order valence-electron chi connectivity index (χ1n) is 5.71. The van der Waals surface area contributed by atoms with Crippen molar-refractivity contribution in [3.63, 3.8) is 0 Å². The van der Waals surface area contributed by atoms with Crippen LogP contribution in [0, 0.1) is 5.82 Å². The van der Waals surface area contributed by atoms with Gasteiger partial charge in [0.15, 0.2) is 0 Å². The fourth-order valence-electron chi connectivity index (χ4n) is 1.96. The van der Waals surface area contributed by atoms with E-state index in [9.17, 15) is 9.18 Å². The lowest BCUT2D eigenvalue weighted by Gasteiger charge is -2.34. The molecule has 6 heteroatoms. The molecule has 0 aliphatic carbocycles. The monoisotopic (exact) mass is 272 g/mol. The molecule has 1 aromatic rings. The van der Waals surface area contributed by atoms with Crippen molar-refractivity contribution in [2.75, 3.05) is 13.2 Å². The van der Waals surface area contributed by atoms with Crippen LogP contribution in [0.1, 0.15) is 30.1 Å². The average Bonchev–Trinajstić information content (AvgIpc) is 2.32. The Labute approximate surface area is 109 Å². The molecular weight excluding hydrogens is 259 g/mol. The van der Waals surface area contributed by atoms with E-state index >= 15 is 0 Å². The van der Waals surface area contributed by atoms with Crippen molar-refractivity contribution in [3.05, 3.63) is 28.8 Å². The van der Waals surface area contributed by atoms with Gasteiger partial charge in [0.05, 0.1) is 23.9 Å². The minimum atomic E-state index is -0.588. The fourth-order valence-corrected chi connectivity index (χ4v) is 2.14. The van der Waals surface area contributed by atoms with Crippen LogP contribution >= 0.6 is 11.6 Å². The van der Waals surface area contributed by atoms with Crippen molar-refractivity contribution in [2.45, 2.75) is 25.3 Å². The summed E-state index contributed by atoms with van der Waals surface area (Å²) in [5.74, 6) is -1.02. The fraction of sp³-hybridized carbons (Fsp3) is 0.500. The van der Waals surface area contributed by atoms with Crippen LogP contribution in [0.3, 0.4) is 0 Å². The lowest BCUT2D eigenvalue weighted by Crippen LogP contribution is -2.51. The molecule has 98 valence electrons. The highest BCUT2D eigenvalue weighted by Gasteiger charge is 2.30. The summed E-state index contributed by atoms with van der Waals surface area (Å²) in [6.45, 7) is 3.04. The first-order valence-corrected chi connectivity index (χ1v) is 6.09. The number of nitrogens with zero attached hydrogens (tertiary/aromatic N) is 1. The number of pyridine rings is 1. The summed E-state index contributed by atoms with van der Waals surface area (Å²) >= 11 is 5.78. The number of aromatic nitrogens is 1. The van der Waals surface area contributed by atoms with Gasteiger partial charge in [0.2, 0.25) is 0 Å². The molecule has 0 spiro atoms. The predicted octanol–water partition coefficient (Wildman–Crippen LogP) is 2.17. The van der Waals surface area contributed by atoms with Gasteiger partial charge in [-0.1, -0.05) is 11.6 Å². The molecule has 1 atom stereocenters. The standard InChI is InChI=1S/C12H14ClFN2O2/c1-12(3-2-4-18-7-12)16-11(17)9-5-8(14)6-15-10(9)13/h5-6H,2-4,7H2,1H3,(H,16,17). The summed E-state index contributed by atoms with van der Waals surface area (Å²) in [5.41, 5.74) is -0.395. The summed E-state index contributed by atoms with van der Waals surface area (Å²) in [6, 6.07) is 1.08. The molecule has 1 aliphatic heterocycles. The molecule has 2 heterocycles. The highest BCUT2D eigenvalue weighted by Crippen LogP contribution is 2.20. The van der Waals surface area contributed by atoms with Gasteiger partial charge in [-0.15, -0.1) is 0 Å². The highest BCUT2D eigenvalue weighted by atomic mass is 35.5. The zero-order valence-electron chi connectivity index (χ0n) is 10.0. The molecule has 0 aromatic carbocycles. The summed E-state index contributed by atoms with van der Waals surface area (Å²) in [5, 5.41) is 2.82. The van der Waals surface area contributed by atoms with E-state index in [4.69, 9.17) is 16.3 Å². The molecule has 1 N–H and O–H groups in total. The van der Waals surface area contributed by atoms with Crippen molar-refractivity contribution < 1.29 is 13.9 Å². The molecule has 1 amide bonds. The SMILES string of the molecule is CC1(NC(=O)c2cc(F)cnc2Cl)CCCOC1. The number of rotatable bonds is 2. The van der Waals surface area contributed by atoms with Crippen LogP contribution in [0.4, 0.5) is 4.39 Å². The third-order valence-electron chi connectivity index (χ3n) is 2.90. The molecular formula is C12H14ClFN2O2. The number of carbonyl (C=O) groups is 1. The number of hydrogen-bond acceptors (Lipinski definition) is 3. The van der Waals surface area contributed by atoms with E-state index in [0.29, 0.717) is 13.2 Å². The minimum Gasteiger partial charge on any atom is -0.379 e. The van der Waals surface area contributed by atoms with Crippen LogP contribution in [0.2, 0.25) is 5.15 Å². The molecule has 1 aromatic heterocycles. The minimum absolute atomic E-state index is 0.00534. The van der Waals surface area contributed by atoms with Gasteiger partial charge in [0.1, 0.15) is 11.0 Å². The maximum absolute atomic E-state index is 13.1. The van der Waals surface area contributed by atoms with Crippen LogP contribution in [0.15, 0.2) is 12.3 Å². The van der Waals surface area contributed by atoms with Crippen molar-refractivity contribution in [2.24, 2.45) is 0 Å². The maximum atomic E-state index is 13.1. The van der Waals surface area contributed by atoms with E-state index in [-0.39, 0.29) is 10.7 Å². The van der Waals surface area contributed by atoms with Gasteiger partial charge in [-0.25, -0.2) is 9.37 Å². The molecule has 1 saturated heterocycles. The smallest absolute Gasteiger partial charge is 0.255 e. The normalized spacial score (nSPS) is 23.7. The van der Waals surface area contributed by atoms with E-state index in [1.165, 1.54) is 0 Å². The summed E-state index contributed by atoms with van der Waals surface area (Å²) in [4.78, 5) is 15.6. The van der Waals surface area contributed by atoms with Crippen molar-refractivity contribution >= 4 is 17.5 Å². The molecule has 2 rings (SSSR count). The first-order chi connectivity index (χ1) is 8.50. The topological polar surface area (TPSA) is 51.2 Å². The molecule has 4 nitrogen and oxygen atoms in total. The lowest BCUT2D eigenvalue weighted by molar-refractivity contribution is 0.0272. The van der Waals surface area contributed by atoms with Crippen LogP contribution in [0.5, 0.6) is 0 Å². The van der Waals surface area contributed by atoms with Crippen LogP contribution in [0.25, 0.3) is 0 Å². The van der Waals surface area contributed by atoms with E-state index < -0.39 is 17.3 Å². The second-order valence-electron chi connectivity index (χ2n) is 4.66. The van der Waals surface area contributed by atoms with Gasteiger partial charge in [-0.3, -0.25) is 4.79 Å². The maximum Gasteiger partial charge on any atom is 0.255 e. The number of carbonyl (C=O) groups excluding carboxylic acids is 1. The van der Waals surface area contributed by atoms with E-state index in [1.54, 1.807) is 0 Å². The Morgan fingerprint density at radius 2 is 2.44 bits per heavy atom. The largest absolute Gasteiger partial charge is 0.379 e. The molecule has 1 unspecified atom stereocenters. The molecule has 18 heavy (non-hydrogen) atoms. The Bertz CT molecular complexity index is 461. The summed E-state index contributed by atoms with van der Waals surface area (Å²) < 4.78 is 18.4. The number of amides is 1. The lowest BCUT2D eigenvalue weighted by atomic mass is 9.94. The highest BCUT2D eigenvalue weighted by molar-refractivity contribution is 6.32. The zero-order chi connectivity index (χ0) is 13.2.